The average Bonchev–Trinajstić information content (AvgIpc) is 3.14. The number of carbonyl (C=O) groups is 1. The van der Waals surface area contributed by atoms with Crippen LogP contribution in [0.3, 0.4) is 0 Å². The van der Waals surface area contributed by atoms with Gasteiger partial charge in [-0.05, 0) is 57.2 Å². The smallest absolute Gasteiger partial charge is 0.372 e. The fourth-order valence-electron chi connectivity index (χ4n) is 3.36. The predicted molar refractivity (Wildman–Crippen MR) is 125 cm³/mol. The summed E-state index contributed by atoms with van der Waals surface area (Å²) in [7, 11) is 1.79. The highest BCUT2D eigenvalue weighted by Gasteiger charge is 2.34. The highest BCUT2D eigenvalue weighted by molar-refractivity contribution is 8.00. The van der Waals surface area contributed by atoms with Crippen LogP contribution in [0.5, 0.6) is 0 Å². The molecule has 0 radical (unpaired) electrons. The predicted octanol–water partition coefficient (Wildman–Crippen LogP) is 5.47. The number of amides is 1. The van der Waals surface area contributed by atoms with Crippen LogP contribution in [0.1, 0.15) is 26.3 Å². The summed E-state index contributed by atoms with van der Waals surface area (Å²) in [6.45, 7) is 7.64. The van der Waals surface area contributed by atoms with Crippen molar-refractivity contribution in [3.05, 3.63) is 54.1 Å². The molecule has 0 aliphatic carbocycles. The number of halogens is 3. The topological polar surface area (TPSA) is 63.1 Å². The van der Waals surface area contributed by atoms with Gasteiger partial charge in [0.25, 0.3) is 0 Å². The first-order valence-electron chi connectivity index (χ1n) is 10.5. The number of benzene rings is 2. The first-order chi connectivity index (χ1) is 15.7. The standard InChI is InChI=1S/C23H26F3N5OS/c1-5-31(6-2)17-13-11-16(12-14-17)20-28-29-22(30(20)4)33-15(3)21(32)27-19-10-8-7-9-18(19)23(24,25)26/h7-15H,5-6H2,1-4H3,(H,27,32). The Morgan fingerprint density at radius 1 is 1.09 bits per heavy atom. The van der Waals surface area contributed by atoms with E-state index >= 15 is 0 Å². The molecular weight excluding hydrogens is 451 g/mol. The molecule has 1 heterocycles. The van der Waals surface area contributed by atoms with Crippen molar-refractivity contribution in [1.29, 1.82) is 0 Å². The molecule has 1 aromatic heterocycles. The Morgan fingerprint density at radius 2 is 1.73 bits per heavy atom. The van der Waals surface area contributed by atoms with Crippen LogP contribution in [0.15, 0.2) is 53.7 Å². The fourth-order valence-corrected chi connectivity index (χ4v) is 4.18. The normalized spacial score (nSPS) is 12.5. The number of thioether (sulfide) groups is 1. The van der Waals surface area contributed by atoms with Crippen molar-refractivity contribution in [2.45, 2.75) is 37.4 Å². The van der Waals surface area contributed by atoms with Gasteiger partial charge in [-0.25, -0.2) is 0 Å². The van der Waals surface area contributed by atoms with Gasteiger partial charge in [0.15, 0.2) is 11.0 Å². The minimum absolute atomic E-state index is 0.269. The number of hydrogen-bond donors (Lipinski definition) is 1. The summed E-state index contributed by atoms with van der Waals surface area (Å²) in [5, 5.41) is 10.6. The van der Waals surface area contributed by atoms with Crippen LogP contribution in [-0.4, -0.2) is 39.0 Å². The Kier molecular flexibility index (Phi) is 7.68. The van der Waals surface area contributed by atoms with Crippen LogP contribution in [0.2, 0.25) is 0 Å². The number of alkyl halides is 3. The van der Waals surface area contributed by atoms with Crippen molar-refractivity contribution < 1.29 is 18.0 Å². The molecule has 0 fully saturated rings. The molecule has 1 atom stereocenters. The molecule has 0 aliphatic rings. The Balaban J connectivity index is 1.72. The largest absolute Gasteiger partial charge is 0.418 e. The molecule has 6 nitrogen and oxygen atoms in total. The first kappa shape index (κ1) is 24.6. The van der Waals surface area contributed by atoms with Crippen molar-refractivity contribution >= 4 is 29.0 Å². The summed E-state index contributed by atoms with van der Waals surface area (Å²) < 4.78 is 41.3. The maximum atomic E-state index is 13.2. The molecule has 176 valence electrons. The summed E-state index contributed by atoms with van der Waals surface area (Å²) in [4.78, 5) is 14.8. The summed E-state index contributed by atoms with van der Waals surface area (Å²) in [6, 6.07) is 12.9. The lowest BCUT2D eigenvalue weighted by atomic mass is 10.1. The summed E-state index contributed by atoms with van der Waals surface area (Å²) in [6.07, 6.45) is -4.56. The van der Waals surface area contributed by atoms with Crippen molar-refractivity contribution in [2.24, 2.45) is 7.05 Å². The highest BCUT2D eigenvalue weighted by atomic mass is 32.2. The second-order valence-electron chi connectivity index (χ2n) is 7.38. The number of carbonyl (C=O) groups excluding carboxylic acids is 1. The van der Waals surface area contributed by atoms with Gasteiger partial charge < -0.3 is 14.8 Å². The summed E-state index contributed by atoms with van der Waals surface area (Å²) in [5.41, 5.74) is 0.841. The molecule has 10 heteroatoms. The maximum absolute atomic E-state index is 13.2. The van der Waals surface area contributed by atoms with E-state index in [2.05, 4.69) is 34.3 Å². The van der Waals surface area contributed by atoms with Gasteiger partial charge in [0.1, 0.15) is 0 Å². The number of rotatable bonds is 8. The fraction of sp³-hybridized carbons (Fsp3) is 0.348. The van der Waals surface area contributed by atoms with E-state index in [1.807, 2.05) is 24.3 Å². The van der Waals surface area contributed by atoms with E-state index in [0.717, 1.165) is 42.2 Å². The number of hydrogen-bond acceptors (Lipinski definition) is 5. The van der Waals surface area contributed by atoms with Gasteiger partial charge >= 0.3 is 6.18 Å². The Bertz CT molecular complexity index is 1090. The molecule has 2 aromatic carbocycles. The maximum Gasteiger partial charge on any atom is 0.418 e. The third-order valence-electron chi connectivity index (χ3n) is 5.23. The van der Waals surface area contributed by atoms with Gasteiger partial charge in [0, 0.05) is 31.4 Å². The van der Waals surface area contributed by atoms with Gasteiger partial charge in [-0.15, -0.1) is 10.2 Å². The third kappa shape index (κ3) is 5.68. The van der Waals surface area contributed by atoms with E-state index in [9.17, 15) is 18.0 Å². The van der Waals surface area contributed by atoms with Crippen LogP contribution >= 0.6 is 11.8 Å². The second kappa shape index (κ2) is 10.3. The van der Waals surface area contributed by atoms with E-state index in [1.165, 1.54) is 18.2 Å². The minimum atomic E-state index is -4.56. The van der Waals surface area contributed by atoms with Crippen LogP contribution in [0.4, 0.5) is 24.5 Å². The molecular formula is C23H26F3N5OS. The molecule has 1 unspecified atom stereocenters. The van der Waals surface area contributed by atoms with Crippen molar-refractivity contribution in [2.75, 3.05) is 23.3 Å². The first-order valence-corrected chi connectivity index (χ1v) is 11.4. The van der Waals surface area contributed by atoms with E-state index in [0.29, 0.717) is 11.0 Å². The lowest BCUT2D eigenvalue weighted by Gasteiger charge is -2.21. The summed E-state index contributed by atoms with van der Waals surface area (Å²) >= 11 is 1.13. The van der Waals surface area contributed by atoms with Crippen molar-refractivity contribution in [3.8, 4) is 11.4 Å². The molecule has 0 aliphatic heterocycles. The zero-order valence-electron chi connectivity index (χ0n) is 18.8. The second-order valence-corrected chi connectivity index (χ2v) is 8.68. The van der Waals surface area contributed by atoms with E-state index < -0.39 is 22.9 Å². The molecule has 0 bridgehead atoms. The zero-order chi connectivity index (χ0) is 24.2. The lowest BCUT2D eigenvalue weighted by molar-refractivity contribution is -0.137. The lowest BCUT2D eigenvalue weighted by Crippen LogP contribution is -2.24. The minimum Gasteiger partial charge on any atom is -0.372 e. The van der Waals surface area contributed by atoms with Gasteiger partial charge in [-0.3, -0.25) is 4.79 Å². The van der Waals surface area contributed by atoms with Crippen LogP contribution in [-0.2, 0) is 18.0 Å². The highest BCUT2D eigenvalue weighted by Crippen LogP contribution is 2.35. The average molecular weight is 478 g/mol. The molecule has 0 saturated carbocycles. The van der Waals surface area contributed by atoms with Crippen LogP contribution in [0.25, 0.3) is 11.4 Å². The Hall–Kier alpha value is -3.01. The number of nitrogens with zero attached hydrogens (tertiary/aromatic N) is 4. The number of aromatic nitrogens is 3. The number of para-hydroxylation sites is 1. The van der Waals surface area contributed by atoms with Gasteiger partial charge in [-0.2, -0.15) is 13.2 Å². The van der Waals surface area contributed by atoms with Crippen LogP contribution in [0, 0.1) is 0 Å². The van der Waals surface area contributed by atoms with E-state index in [1.54, 1.807) is 18.5 Å². The van der Waals surface area contributed by atoms with Crippen molar-refractivity contribution in [3.63, 3.8) is 0 Å². The molecule has 33 heavy (non-hydrogen) atoms. The molecule has 3 rings (SSSR count). The molecule has 1 amide bonds. The molecule has 3 aromatic rings. The van der Waals surface area contributed by atoms with Gasteiger partial charge in [0.2, 0.25) is 5.91 Å². The number of anilines is 2. The quantitative estimate of drug-likeness (QED) is 0.436. The molecule has 0 spiro atoms. The Labute approximate surface area is 195 Å². The monoisotopic (exact) mass is 477 g/mol. The summed E-state index contributed by atoms with van der Waals surface area (Å²) in [5.74, 6) is 0.0865. The van der Waals surface area contributed by atoms with E-state index in [4.69, 9.17) is 0 Å². The SMILES string of the molecule is CCN(CC)c1ccc(-c2nnc(SC(C)C(=O)Nc3ccccc3C(F)(F)F)n2C)cc1. The number of nitrogens with one attached hydrogen (secondary N) is 1. The Morgan fingerprint density at radius 3 is 2.33 bits per heavy atom. The van der Waals surface area contributed by atoms with E-state index in [-0.39, 0.29) is 5.69 Å². The molecule has 1 N–H and O–H groups in total. The van der Waals surface area contributed by atoms with Gasteiger partial charge in [0.05, 0.1) is 16.5 Å². The zero-order valence-corrected chi connectivity index (χ0v) is 19.7. The van der Waals surface area contributed by atoms with Crippen molar-refractivity contribution in [1.82, 2.24) is 14.8 Å². The third-order valence-corrected chi connectivity index (χ3v) is 6.36. The van der Waals surface area contributed by atoms with Crippen LogP contribution < -0.4 is 10.2 Å². The molecule has 0 saturated heterocycles. The van der Waals surface area contributed by atoms with Gasteiger partial charge in [-0.1, -0.05) is 23.9 Å².